The second-order valence-corrected chi connectivity index (χ2v) is 6.05. The molecule has 0 saturated heterocycles. The number of alkyl halides is 1. The number of halogens is 3. The molecule has 0 N–H and O–H groups in total. The first-order valence-electron chi connectivity index (χ1n) is 6.33. The third kappa shape index (κ3) is 3.74. The highest BCUT2D eigenvalue weighted by Crippen LogP contribution is 2.34. The van der Waals surface area contributed by atoms with Gasteiger partial charge in [-0.05, 0) is 55.3 Å². The molecular formula is C16H15BrClFO. The van der Waals surface area contributed by atoms with Crippen molar-refractivity contribution in [3.05, 3.63) is 63.9 Å². The second kappa shape index (κ2) is 6.59. The minimum absolute atomic E-state index is 0.130. The van der Waals surface area contributed by atoms with Crippen LogP contribution in [0, 0.1) is 5.82 Å². The van der Waals surface area contributed by atoms with Crippen LogP contribution in [0.2, 0.25) is 0 Å². The summed E-state index contributed by atoms with van der Waals surface area (Å²) in [6.07, 6.45) is 0.130. The molecule has 1 atom stereocenters. The molecule has 0 radical (unpaired) electrons. The topological polar surface area (TPSA) is 9.23 Å². The van der Waals surface area contributed by atoms with E-state index in [0.29, 0.717) is 5.56 Å². The molecule has 1 nitrogen and oxygen atoms in total. The Kier molecular flexibility index (Phi) is 5.06. The zero-order valence-electron chi connectivity index (χ0n) is 11.2. The third-order valence-electron chi connectivity index (χ3n) is 2.78. The van der Waals surface area contributed by atoms with Gasteiger partial charge >= 0.3 is 0 Å². The Balaban J connectivity index is 2.24. The molecule has 0 bridgehead atoms. The zero-order valence-corrected chi connectivity index (χ0v) is 13.6. The van der Waals surface area contributed by atoms with Crippen LogP contribution in [0.5, 0.6) is 5.75 Å². The van der Waals surface area contributed by atoms with Gasteiger partial charge in [-0.3, -0.25) is 0 Å². The van der Waals surface area contributed by atoms with Crippen LogP contribution in [0.3, 0.4) is 0 Å². The van der Waals surface area contributed by atoms with E-state index in [1.807, 2.05) is 38.1 Å². The molecule has 2 aromatic carbocycles. The highest BCUT2D eigenvalue weighted by atomic mass is 79.9. The highest BCUT2D eigenvalue weighted by Gasteiger charge is 2.15. The maximum atomic E-state index is 13.3. The molecule has 0 heterocycles. The van der Waals surface area contributed by atoms with E-state index in [9.17, 15) is 4.39 Å². The predicted molar refractivity (Wildman–Crippen MR) is 84.0 cm³/mol. The summed E-state index contributed by atoms with van der Waals surface area (Å²) in [6, 6.07) is 12.0. The van der Waals surface area contributed by atoms with Crippen molar-refractivity contribution >= 4 is 27.5 Å². The first-order chi connectivity index (χ1) is 9.47. The van der Waals surface area contributed by atoms with Crippen molar-refractivity contribution in [3.63, 3.8) is 0 Å². The lowest BCUT2D eigenvalue weighted by Gasteiger charge is -2.14. The van der Waals surface area contributed by atoms with Crippen LogP contribution in [0.4, 0.5) is 4.39 Å². The van der Waals surface area contributed by atoms with Gasteiger partial charge in [0.1, 0.15) is 11.6 Å². The van der Waals surface area contributed by atoms with E-state index < -0.39 is 5.38 Å². The van der Waals surface area contributed by atoms with Crippen molar-refractivity contribution in [2.75, 3.05) is 0 Å². The predicted octanol–water partition coefficient (Wildman–Crippen LogP) is 5.70. The second-order valence-electron chi connectivity index (χ2n) is 4.76. The summed E-state index contributed by atoms with van der Waals surface area (Å²) < 4.78 is 19.7. The molecule has 2 aromatic rings. The van der Waals surface area contributed by atoms with E-state index >= 15 is 0 Å². The molecule has 0 spiro atoms. The number of benzene rings is 2. The van der Waals surface area contributed by atoms with Crippen LogP contribution < -0.4 is 4.74 Å². The lowest BCUT2D eigenvalue weighted by atomic mass is 10.0. The van der Waals surface area contributed by atoms with Gasteiger partial charge in [0.15, 0.2) is 0 Å². The summed E-state index contributed by atoms with van der Waals surface area (Å²) in [7, 11) is 0. The van der Waals surface area contributed by atoms with E-state index in [-0.39, 0.29) is 11.9 Å². The van der Waals surface area contributed by atoms with Crippen LogP contribution in [-0.2, 0) is 0 Å². The largest absolute Gasteiger partial charge is 0.491 e. The van der Waals surface area contributed by atoms with Crippen molar-refractivity contribution in [2.45, 2.75) is 25.3 Å². The van der Waals surface area contributed by atoms with Crippen molar-refractivity contribution < 1.29 is 9.13 Å². The van der Waals surface area contributed by atoms with Crippen LogP contribution in [0.1, 0.15) is 30.4 Å². The van der Waals surface area contributed by atoms with E-state index in [2.05, 4.69) is 15.9 Å². The zero-order chi connectivity index (χ0) is 14.7. The van der Waals surface area contributed by atoms with Crippen molar-refractivity contribution in [1.29, 1.82) is 0 Å². The molecule has 0 aromatic heterocycles. The van der Waals surface area contributed by atoms with E-state index in [0.717, 1.165) is 15.8 Å². The van der Waals surface area contributed by atoms with Crippen molar-refractivity contribution in [1.82, 2.24) is 0 Å². The molecule has 1 unspecified atom stereocenters. The van der Waals surface area contributed by atoms with Crippen LogP contribution in [0.15, 0.2) is 46.9 Å². The standard InChI is InChI=1S/C16H15BrClFO/c1-10(2)20-13-6-3-11(4-7-13)16(18)14-9-12(19)5-8-15(14)17/h3-10,16H,1-2H3. The molecule has 0 aliphatic heterocycles. The Morgan fingerprint density at radius 2 is 1.75 bits per heavy atom. The van der Waals surface area contributed by atoms with E-state index in [1.165, 1.54) is 12.1 Å². The minimum Gasteiger partial charge on any atom is -0.491 e. The summed E-state index contributed by atoms with van der Waals surface area (Å²) in [4.78, 5) is 0. The average Bonchev–Trinajstić information content (AvgIpc) is 2.41. The monoisotopic (exact) mass is 356 g/mol. The number of ether oxygens (including phenoxy) is 1. The summed E-state index contributed by atoms with van der Waals surface area (Å²) >= 11 is 9.83. The van der Waals surface area contributed by atoms with E-state index in [4.69, 9.17) is 16.3 Å². The maximum Gasteiger partial charge on any atom is 0.123 e. The minimum atomic E-state index is -0.409. The van der Waals surface area contributed by atoms with Crippen LogP contribution in [-0.4, -0.2) is 6.10 Å². The van der Waals surface area contributed by atoms with Gasteiger partial charge in [0, 0.05) is 4.47 Å². The third-order valence-corrected chi connectivity index (χ3v) is 3.98. The summed E-state index contributed by atoms with van der Waals surface area (Å²) in [5.74, 6) is 0.500. The smallest absolute Gasteiger partial charge is 0.123 e. The fraction of sp³-hybridized carbons (Fsp3) is 0.250. The molecule has 0 fully saturated rings. The maximum absolute atomic E-state index is 13.3. The number of rotatable bonds is 4. The molecule has 0 aliphatic carbocycles. The Bertz CT molecular complexity index is 584. The fourth-order valence-corrected chi connectivity index (χ4v) is 2.81. The van der Waals surface area contributed by atoms with Gasteiger partial charge < -0.3 is 4.74 Å². The molecule has 0 saturated carbocycles. The van der Waals surface area contributed by atoms with Gasteiger partial charge in [0.2, 0.25) is 0 Å². The summed E-state index contributed by atoms with van der Waals surface area (Å²) in [5, 5.41) is -0.409. The van der Waals surface area contributed by atoms with Gasteiger partial charge in [-0.1, -0.05) is 28.1 Å². The molecule has 20 heavy (non-hydrogen) atoms. The lowest BCUT2D eigenvalue weighted by Crippen LogP contribution is -2.05. The Hall–Kier alpha value is -1.06. The highest BCUT2D eigenvalue weighted by molar-refractivity contribution is 9.10. The van der Waals surface area contributed by atoms with Gasteiger partial charge in [-0.25, -0.2) is 4.39 Å². The SMILES string of the molecule is CC(C)Oc1ccc(C(Cl)c2cc(F)ccc2Br)cc1. The molecular weight excluding hydrogens is 343 g/mol. The van der Waals surface area contributed by atoms with Crippen LogP contribution >= 0.6 is 27.5 Å². The Labute approximate surface area is 131 Å². The molecule has 4 heteroatoms. The van der Waals surface area contributed by atoms with Crippen molar-refractivity contribution in [2.24, 2.45) is 0 Å². The molecule has 0 amide bonds. The van der Waals surface area contributed by atoms with Gasteiger partial charge in [0.25, 0.3) is 0 Å². The molecule has 106 valence electrons. The summed E-state index contributed by atoms with van der Waals surface area (Å²) in [6.45, 7) is 3.95. The average molecular weight is 358 g/mol. The Morgan fingerprint density at radius 1 is 1.10 bits per heavy atom. The number of hydrogen-bond donors (Lipinski definition) is 0. The van der Waals surface area contributed by atoms with E-state index in [1.54, 1.807) is 6.07 Å². The molecule has 2 rings (SSSR count). The quantitative estimate of drug-likeness (QED) is 0.637. The van der Waals surface area contributed by atoms with Gasteiger partial charge in [0.05, 0.1) is 11.5 Å². The fourth-order valence-electron chi connectivity index (χ4n) is 1.88. The Morgan fingerprint density at radius 3 is 2.35 bits per heavy atom. The van der Waals surface area contributed by atoms with Gasteiger partial charge in [-0.15, -0.1) is 11.6 Å². The normalized spacial score (nSPS) is 12.5. The number of hydrogen-bond acceptors (Lipinski definition) is 1. The van der Waals surface area contributed by atoms with Crippen molar-refractivity contribution in [3.8, 4) is 5.75 Å². The first-order valence-corrected chi connectivity index (χ1v) is 7.56. The first kappa shape index (κ1) is 15.3. The summed E-state index contributed by atoms with van der Waals surface area (Å²) in [5.41, 5.74) is 1.61. The lowest BCUT2D eigenvalue weighted by molar-refractivity contribution is 0.242. The molecule has 0 aliphatic rings. The van der Waals surface area contributed by atoms with Crippen LogP contribution in [0.25, 0.3) is 0 Å². The van der Waals surface area contributed by atoms with Gasteiger partial charge in [-0.2, -0.15) is 0 Å².